The topological polar surface area (TPSA) is 35.2 Å². The number of hydrogen-bond acceptors (Lipinski definition) is 2. The summed E-state index contributed by atoms with van der Waals surface area (Å²) in [4.78, 5) is 0.280. The number of aryl methyl sites for hydroxylation is 2. The highest BCUT2D eigenvalue weighted by molar-refractivity contribution is 7.80. The molecule has 0 aromatic heterocycles. The summed E-state index contributed by atoms with van der Waals surface area (Å²) in [7, 11) is 0. The van der Waals surface area contributed by atoms with Gasteiger partial charge in [-0.15, -0.1) is 0 Å². The summed E-state index contributed by atoms with van der Waals surface area (Å²) in [5.41, 5.74) is 8.63. The molecule has 0 heterocycles. The van der Waals surface area contributed by atoms with Gasteiger partial charge in [-0.3, -0.25) is 0 Å². The maximum atomic E-state index is 6.10. The van der Waals surface area contributed by atoms with E-state index in [1.807, 2.05) is 25.1 Å². The Morgan fingerprint density at radius 2 is 1.68 bits per heavy atom. The van der Waals surface area contributed by atoms with Crippen LogP contribution in [0.2, 0.25) is 5.02 Å². The lowest BCUT2D eigenvalue weighted by Gasteiger charge is -2.09. The zero-order valence-electron chi connectivity index (χ0n) is 10.7. The summed E-state index contributed by atoms with van der Waals surface area (Å²) in [5.74, 6) is 1.44. The van der Waals surface area contributed by atoms with Crippen LogP contribution >= 0.6 is 23.8 Å². The van der Waals surface area contributed by atoms with Crippen LogP contribution in [0.3, 0.4) is 0 Å². The van der Waals surface area contributed by atoms with Crippen LogP contribution < -0.4 is 10.5 Å². The first kappa shape index (κ1) is 13.8. The summed E-state index contributed by atoms with van der Waals surface area (Å²) >= 11 is 11.0. The molecule has 0 saturated heterocycles. The van der Waals surface area contributed by atoms with Gasteiger partial charge in [0.2, 0.25) is 0 Å². The van der Waals surface area contributed by atoms with Crippen LogP contribution in [0.1, 0.15) is 16.7 Å². The van der Waals surface area contributed by atoms with Gasteiger partial charge in [-0.1, -0.05) is 29.9 Å². The SMILES string of the molecule is Cc1ccc(Oc2ccc(C(N)=S)c(Cl)c2)cc1C. The summed E-state index contributed by atoms with van der Waals surface area (Å²) in [6, 6.07) is 11.2. The molecule has 2 aromatic carbocycles. The molecular weight excluding hydrogens is 278 g/mol. The molecule has 2 rings (SSSR count). The fourth-order valence-electron chi connectivity index (χ4n) is 1.67. The van der Waals surface area contributed by atoms with Gasteiger partial charge in [0.25, 0.3) is 0 Å². The van der Waals surface area contributed by atoms with Crippen molar-refractivity contribution >= 4 is 28.8 Å². The first-order valence-corrected chi connectivity index (χ1v) is 6.60. The molecule has 0 unspecified atom stereocenters. The van der Waals surface area contributed by atoms with E-state index in [1.165, 1.54) is 11.1 Å². The first-order chi connectivity index (χ1) is 8.97. The van der Waals surface area contributed by atoms with Crippen LogP contribution in [0.5, 0.6) is 11.5 Å². The van der Waals surface area contributed by atoms with E-state index in [4.69, 9.17) is 34.3 Å². The molecule has 0 saturated carbocycles. The van der Waals surface area contributed by atoms with Gasteiger partial charge in [0, 0.05) is 11.6 Å². The zero-order valence-corrected chi connectivity index (χ0v) is 12.3. The van der Waals surface area contributed by atoms with Crippen molar-refractivity contribution in [1.29, 1.82) is 0 Å². The van der Waals surface area contributed by atoms with E-state index in [1.54, 1.807) is 18.2 Å². The third kappa shape index (κ3) is 3.25. The second kappa shape index (κ2) is 5.59. The van der Waals surface area contributed by atoms with Crippen molar-refractivity contribution < 1.29 is 4.74 Å². The lowest BCUT2D eigenvalue weighted by Crippen LogP contribution is -2.09. The van der Waals surface area contributed by atoms with E-state index >= 15 is 0 Å². The maximum Gasteiger partial charge on any atom is 0.128 e. The number of benzene rings is 2. The third-order valence-electron chi connectivity index (χ3n) is 2.92. The number of thiocarbonyl (C=S) groups is 1. The third-order valence-corrected chi connectivity index (χ3v) is 3.45. The highest BCUT2D eigenvalue weighted by atomic mass is 35.5. The number of rotatable bonds is 3. The van der Waals surface area contributed by atoms with Crippen LogP contribution in [-0.4, -0.2) is 4.99 Å². The average Bonchev–Trinajstić information content (AvgIpc) is 2.33. The largest absolute Gasteiger partial charge is 0.457 e. The van der Waals surface area contributed by atoms with Gasteiger partial charge in [-0.25, -0.2) is 0 Å². The average molecular weight is 292 g/mol. The van der Waals surface area contributed by atoms with E-state index < -0.39 is 0 Å². The fourth-order valence-corrected chi connectivity index (χ4v) is 2.18. The van der Waals surface area contributed by atoms with Gasteiger partial charge in [0.1, 0.15) is 16.5 Å². The van der Waals surface area contributed by atoms with E-state index in [2.05, 4.69) is 6.92 Å². The van der Waals surface area contributed by atoms with E-state index in [9.17, 15) is 0 Å². The summed E-state index contributed by atoms with van der Waals surface area (Å²) in [6.07, 6.45) is 0. The Hall–Kier alpha value is -1.58. The minimum Gasteiger partial charge on any atom is -0.457 e. The molecule has 2 N–H and O–H groups in total. The van der Waals surface area contributed by atoms with Crippen molar-refractivity contribution in [2.45, 2.75) is 13.8 Å². The molecule has 0 aliphatic rings. The van der Waals surface area contributed by atoms with Crippen molar-refractivity contribution in [2.24, 2.45) is 5.73 Å². The van der Waals surface area contributed by atoms with Crippen molar-refractivity contribution in [1.82, 2.24) is 0 Å². The predicted octanol–water partition coefficient (Wildman–Crippen LogP) is 4.38. The Labute approximate surface area is 123 Å². The molecule has 2 aromatic rings. The van der Waals surface area contributed by atoms with Crippen molar-refractivity contribution in [3.05, 3.63) is 58.1 Å². The fraction of sp³-hybridized carbons (Fsp3) is 0.133. The zero-order chi connectivity index (χ0) is 14.0. The molecule has 0 aliphatic heterocycles. The molecule has 0 bridgehead atoms. The Kier molecular flexibility index (Phi) is 4.08. The summed E-state index contributed by atoms with van der Waals surface area (Å²) in [6.45, 7) is 4.11. The monoisotopic (exact) mass is 291 g/mol. The van der Waals surface area contributed by atoms with Crippen LogP contribution in [0, 0.1) is 13.8 Å². The second-order valence-electron chi connectivity index (χ2n) is 4.35. The Bertz CT molecular complexity index is 640. The molecule has 0 aliphatic carbocycles. The van der Waals surface area contributed by atoms with Gasteiger partial charge in [-0.2, -0.15) is 0 Å². The molecule has 0 spiro atoms. The van der Waals surface area contributed by atoms with E-state index in [0.29, 0.717) is 16.3 Å². The number of nitrogens with two attached hydrogens (primary N) is 1. The summed E-state index contributed by atoms with van der Waals surface area (Å²) in [5, 5.41) is 0.494. The normalized spacial score (nSPS) is 10.3. The number of hydrogen-bond donors (Lipinski definition) is 1. The molecule has 19 heavy (non-hydrogen) atoms. The first-order valence-electron chi connectivity index (χ1n) is 5.82. The molecule has 0 amide bonds. The number of ether oxygens (including phenoxy) is 1. The van der Waals surface area contributed by atoms with Crippen LogP contribution in [0.4, 0.5) is 0 Å². The molecular formula is C15H14ClNOS. The van der Waals surface area contributed by atoms with E-state index in [-0.39, 0.29) is 4.99 Å². The maximum absolute atomic E-state index is 6.10. The van der Waals surface area contributed by atoms with Gasteiger partial charge in [-0.05, 0) is 49.2 Å². The Morgan fingerprint density at radius 1 is 1.05 bits per heavy atom. The second-order valence-corrected chi connectivity index (χ2v) is 5.20. The van der Waals surface area contributed by atoms with E-state index in [0.717, 1.165) is 5.75 Å². The molecule has 0 atom stereocenters. The quantitative estimate of drug-likeness (QED) is 0.852. The predicted molar refractivity (Wildman–Crippen MR) is 83.3 cm³/mol. The molecule has 4 heteroatoms. The molecule has 0 fully saturated rings. The van der Waals surface area contributed by atoms with Gasteiger partial charge >= 0.3 is 0 Å². The Morgan fingerprint density at radius 3 is 2.26 bits per heavy atom. The lowest BCUT2D eigenvalue weighted by atomic mass is 10.1. The smallest absolute Gasteiger partial charge is 0.128 e. The minimum absolute atomic E-state index is 0.280. The summed E-state index contributed by atoms with van der Waals surface area (Å²) < 4.78 is 5.76. The van der Waals surface area contributed by atoms with Crippen LogP contribution in [0.15, 0.2) is 36.4 Å². The molecule has 2 nitrogen and oxygen atoms in total. The van der Waals surface area contributed by atoms with Crippen molar-refractivity contribution in [2.75, 3.05) is 0 Å². The van der Waals surface area contributed by atoms with Gasteiger partial charge in [0.05, 0.1) is 5.02 Å². The minimum atomic E-state index is 0.280. The van der Waals surface area contributed by atoms with Crippen LogP contribution in [-0.2, 0) is 0 Å². The van der Waals surface area contributed by atoms with Gasteiger partial charge in [0.15, 0.2) is 0 Å². The number of halogens is 1. The van der Waals surface area contributed by atoms with Crippen molar-refractivity contribution in [3.8, 4) is 11.5 Å². The highest BCUT2D eigenvalue weighted by Crippen LogP contribution is 2.27. The van der Waals surface area contributed by atoms with Crippen molar-refractivity contribution in [3.63, 3.8) is 0 Å². The molecule has 0 radical (unpaired) electrons. The lowest BCUT2D eigenvalue weighted by molar-refractivity contribution is 0.482. The molecule has 98 valence electrons. The Balaban J connectivity index is 2.26. The highest BCUT2D eigenvalue weighted by Gasteiger charge is 2.06. The van der Waals surface area contributed by atoms with Gasteiger partial charge < -0.3 is 10.5 Å². The standard InChI is InChI=1S/C15H14ClNOS/c1-9-3-4-11(7-10(9)2)18-12-5-6-13(15(17)19)14(16)8-12/h3-8H,1-2H3,(H2,17,19). The van der Waals surface area contributed by atoms with Crippen LogP contribution in [0.25, 0.3) is 0 Å².